The first-order chi connectivity index (χ1) is 11.0. The van der Waals surface area contributed by atoms with Crippen LogP contribution in [-0.4, -0.2) is 17.8 Å². The smallest absolute Gasteiger partial charge is 0.238 e. The Hall–Kier alpha value is -2.14. The number of carbonyl (C=O) groups is 3. The Balaban J connectivity index is 1.76. The average molecular weight is 331 g/mol. The first kappa shape index (κ1) is 14.5. The van der Waals surface area contributed by atoms with Crippen LogP contribution in [0.15, 0.2) is 30.4 Å². The lowest BCUT2D eigenvalue weighted by molar-refractivity contribution is -0.255. The number of carbonyl (C=O) groups excluding carboxylic acids is 3. The maximum Gasteiger partial charge on any atom is 0.238 e. The van der Waals surface area contributed by atoms with Gasteiger partial charge in [0.2, 0.25) is 11.8 Å². The number of imide groups is 1. The second-order valence-corrected chi connectivity index (χ2v) is 6.71. The average Bonchev–Trinajstić information content (AvgIpc) is 2.83. The lowest BCUT2D eigenvalue weighted by Crippen LogP contribution is -2.38. The summed E-state index contributed by atoms with van der Waals surface area (Å²) in [6, 6.07) is 4.11. The molecule has 118 valence electrons. The third kappa shape index (κ3) is 1.96. The summed E-state index contributed by atoms with van der Waals surface area (Å²) in [6.45, 7) is 0. The van der Waals surface area contributed by atoms with E-state index in [0.29, 0.717) is 0 Å². The molecular formula is C17H13ClNO4-. The van der Waals surface area contributed by atoms with E-state index in [1.165, 1.54) is 18.2 Å². The molecule has 4 aliphatic rings. The minimum atomic E-state index is -1.44. The standard InChI is InChI=1S/C17H14ClNO4/c18-12-6-5-10(7-11(12)17(22)23)19-15(20)13-8-1-2-9(4-3-8)14(13)16(19)21/h1-2,5-9,13-14H,3-4H2,(H,22,23)/p-1/t8-,9+,13-,14-/m0/s1. The zero-order valence-corrected chi connectivity index (χ0v) is 12.8. The van der Waals surface area contributed by atoms with Gasteiger partial charge in [0, 0.05) is 10.6 Å². The van der Waals surface area contributed by atoms with Gasteiger partial charge in [0.05, 0.1) is 23.5 Å². The lowest BCUT2D eigenvalue weighted by atomic mass is 9.63. The Morgan fingerprint density at radius 3 is 2.13 bits per heavy atom. The fourth-order valence-electron chi connectivity index (χ4n) is 4.14. The van der Waals surface area contributed by atoms with Gasteiger partial charge in [-0.3, -0.25) is 9.59 Å². The number of hydrogen-bond donors (Lipinski definition) is 0. The number of halogens is 1. The molecule has 6 heteroatoms. The zero-order chi connectivity index (χ0) is 16.3. The fraction of sp³-hybridized carbons (Fsp3) is 0.353. The number of carboxylic acid groups (broad SMARTS) is 1. The molecule has 0 N–H and O–H groups in total. The topological polar surface area (TPSA) is 77.5 Å². The molecular weight excluding hydrogens is 318 g/mol. The number of allylic oxidation sites excluding steroid dienone is 2. The summed E-state index contributed by atoms with van der Waals surface area (Å²) < 4.78 is 0. The highest BCUT2D eigenvalue weighted by Crippen LogP contribution is 2.50. The molecule has 2 bridgehead atoms. The van der Waals surface area contributed by atoms with Crippen LogP contribution in [-0.2, 0) is 9.59 Å². The van der Waals surface area contributed by atoms with Crippen LogP contribution >= 0.6 is 11.6 Å². The van der Waals surface area contributed by atoms with Crippen molar-refractivity contribution in [2.75, 3.05) is 4.90 Å². The maximum absolute atomic E-state index is 12.8. The number of fused-ring (bicyclic) bond motifs is 1. The molecule has 1 aromatic carbocycles. The summed E-state index contributed by atoms with van der Waals surface area (Å²) in [4.78, 5) is 37.8. The predicted molar refractivity (Wildman–Crippen MR) is 80.6 cm³/mol. The van der Waals surface area contributed by atoms with Crippen LogP contribution in [0.3, 0.4) is 0 Å². The van der Waals surface area contributed by atoms with Gasteiger partial charge < -0.3 is 9.90 Å². The van der Waals surface area contributed by atoms with Gasteiger partial charge in [0.1, 0.15) is 0 Å². The highest BCUT2D eigenvalue weighted by molar-refractivity contribution is 6.33. The number of amides is 2. The molecule has 0 spiro atoms. The molecule has 2 fully saturated rings. The SMILES string of the molecule is O=C([O-])c1cc(N2C(=O)[C@@H]3[C@@H](C2=O)[C@H]2C=C[C@@H]3CC2)ccc1Cl. The predicted octanol–water partition coefficient (Wildman–Crippen LogP) is 1.41. The largest absolute Gasteiger partial charge is 0.545 e. The van der Waals surface area contributed by atoms with E-state index in [4.69, 9.17) is 11.6 Å². The minimum Gasteiger partial charge on any atom is -0.545 e. The van der Waals surface area contributed by atoms with Crippen molar-refractivity contribution in [3.8, 4) is 0 Å². The van der Waals surface area contributed by atoms with Crippen molar-refractivity contribution in [1.82, 2.24) is 0 Å². The lowest BCUT2D eigenvalue weighted by Gasteiger charge is -2.38. The van der Waals surface area contributed by atoms with Crippen LogP contribution in [0.4, 0.5) is 5.69 Å². The van der Waals surface area contributed by atoms with Crippen LogP contribution in [0, 0.1) is 23.7 Å². The molecule has 1 heterocycles. The number of benzene rings is 1. The van der Waals surface area contributed by atoms with Crippen LogP contribution in [0.2, 0.25) is 5.02 Å². The molecule has 5 rings (SSSR count). The third-order valence-corrected chi connectivity index (χ3v) is 5.52. The van der Waals surface area contributed by atoms with E-state index in [9.17, 15) is 19.5 Å². The molecule has 2 amide bonds. The zero-order valence-electron chi connectivity index (χ0n) is 12.1. The van der Waals surface area contributed by atoms with Gasteiger partial charge in [-0.25, -0.2) is 4.90 Å². The quantitative estimate of drug-likeness (QED) is 0.606. The summed E-state index contributed by atoms with van der Waals surface area (Å²) in [6.07, 6.45) is 5.91. The fourth-order valence-corrected chi connectivity index (χ4v) is 4.33. The molecule has 1 saturated carbocycles. The van der Waals surface area contributed by atoms with E-state index >= 15 is 0 Å². The van der Waals surface area contributed by atoms with Gasteiger partial charge in [-0.05, 0) is 42.9 Å². The normalized spacial score (nSPS) is 31.6. The molecule has 4 atom stereocenters. The molecule has 5 nitrogen and oxygen atoms in total. The van der Waals surface area contributed by atoms with Gasteiger partial charge in [-0.2, -0.15) is 0 Å². The van der Waals surface area contributed by atoms with Gasteiger partial charge in [-0.15, -0.1) is 0 Å². The van der Waals surface area contributed by atoms with E-state index < -0.39 is 5.97 Å². The Labute approximate surface area is 137 Å². The van der Waals surface area contributed by atoms with Crippen molar-refractivity contribution in [1.29, 1.82) is 0 Å². The number of nitrogens with zero attached hydrogens (tertiary/aromatic N) is 1. The Kier molecular flexibility index (Phi) is 3.10. The summed E-state index contributed by atoms with van der Waals surface area (Å²) in [5, 5.41) is 11.1. The molecule has 0 aromatic heterocycles. The minimum absolute atomic E-state index is 0.0204. The monoisotopic (exact) mass is 330 g/mol. The maximum atomic E-state index is 12.8. The van der Waals surface area contributed by atoms with Crippen molar-refractivity contribution < 1.29 is 19.5 Å². The van der Waals surface area contributed by atoms with Gasteiger partial charge in [0.15, 0.2) is 0 Å². The van der Waals surface area contributed by atoms with E-state index in [0.717, 1.165) is 17.7 Å². The second kappa shape index (κ2) is 4.93. The van der Waals surface area contributed by atoms with Crippen molar-refractivity contribution in [3.05, 3.63) is 40.9 Å². The summed E-state index contributed by atoms with van der Waals surface area (Å²) >= 11 is 5.83. The molecule has 1 aromatic rings. The summed E-state index contributed by atoms with van der Waals surface area (Å²) in [7, 11) is 0. The van der Waals surface area contributed by atoms with Crippen LogP contribution < -0.4 is 10.0 Å². The van der Waals surface area contributed by atoms with Crippen molar-refractivity contribution in [3.63, 3.8) is 0 Å². The number of rotatable bonds is 2. The summed E-state index contributed by atoms with van der Waals surface area (Å²) in [5.41, 5.74) is 0.0261. The number of aromatic carboxylic acids is 1. The van der Waals surface area contributed by atoms with Gasteiger partial charge in [0.25, 0.3) is 0 Å². The highest BCUT2D eigenvalue weighted by atomic mass is 35.5. The molecule has 0 radical (unpaired) electrons. The number of carboxylic acids is 1. The molecule has 1 aliphatic heterocycles. The van der Waals surface area contributed by atoms with E-state index in [2.05, 4.69) is 0 Å². The summed E-state index contributed by atoms with van der Waals surface area (Å²) in [5.74, 6) is -2.38. The van der Waals surface area contributed by atoms with Crippen LogP contribution in [0.1, 0.15) is 23.2 Å². The highest BCUT2D eigenvalue weighted by Gasteiger charge is 2.56. The van der Waals surface area contributed by atoms with Crippen LogP contribution in [0.25, 0.3) is 0 Å². The van der Waals surface area contributed by atoms with Crippen LogP contribution in [0.5, 0.6) is 0 Å². The Morgan fingerprint density at radius 2 is 1.65 bits per heavy atom. The Bertz CT molecular complexity index is 740. The van der Waals surface area contributed by atoms with Gasteiger partial charge in [-0.1, -0.05) is 23.8 Å². The molecule has 3 aliphatic carbocycles. The van der Waals surface area contributed by atoms with Crippen molar-refractivity contribution >= 4 is 35.1 Å². The first-order valence-electron chi connectivity index (χ1n) is 7.56. The van der Waals surface area contributed by atoms with E-state index in [1.54, 1.807) is 0 Å². The first-order valence-corrected chi connectivity index (χ1v) is 7.94. The van der Waals surface area contributed by atoms with E-state index in [-0.39, 0.29) is 51.8 Å². The number of anilines is 1. The van der Waals surface area contributed by atoms with Crippen molar-refractivity contribution in [2.45, 2.75) is 12.8 Å². The second-order valence-electron chi connectivity index (χ2n) is 6.31. The third-order valence-electron chi connectivity index (χ3n) is 5.19. The molecule has 0 unspecified atom stereocenters. The number of hydrogen-bond acceptors (Lipinski definition) is 4. The van der Waals surface area contributed by atoms with E-state index in [1.807, 2.05) is 12.2 Å². The van der Waals surface area contributed by atoms with Gasteiger partial charge >= 0.3 is 0 Å². The van der Waals surface area contributed by atoms with Crippen molar-refractivity contribution in [2.24, 2.45) is 23.7 Å². The molecule has 23 heavy (non-hydrogen) atoms. The Morgan fingerprint density at radius 1 is 1.09 bits per heavy atom. The molecule has 1 saturated heterocycles.